The molecule has 3 rings (SSSR count). The van der Waals surface area contributed by atoms with Gasteiger partial charge in [0.2, 0.25) is 0 Å². The summed E-state index contributed by atoms with van der Waals surface area (Å²) < 4.78 is 11.8. The molecule has 1 saturated carbocycles. The van der Waals surface area contributed by atoms with Crippen LogP contribution in [-0.2, 0) is 27.5 Å². The van der Waals surface area contributed by atoms with Crippen LogP contribution >= 0.6 is 0 Å². The first kappa shape index (κ1) is 14.9. The van der Waals surface area contributed by atoms with E-state index in [1.807, 2.05) is 60.7 Å². The van der Waals surface area contributed by atoms with Gasteiger partial charge in [0.15, 0.2) is 6.29 Å². The summed E-state index contributed by atoms with van der Waals surface area (Å²) in [5.41, 5.74) is 2.17. The van der Waals surface area contributed by atoms with Crippen molar-refractivity contribution in [2.75, 3.05) is 0 Å². The average molecular weight is 296 g/mol. The molecule has 0 saturated heterocycles. The van der Waals surface area contributed by atoms with Crippen molar-refractivity contribution in [3.05, 3.63) is 71.8 Å². The maximum absolute atomic E-state index is 11.7. The van der Waals surface area contributed by atoms with Gasteiger partial charge in [-0.25, -0.2) is 0 Å². The van der Waals surface area contributed by atoms with Crippen LogP contribution in [0.4, 0.5) is 0 Å². The highest BCUT2D eigenvalue weighted by Gasteiger charge is 2.36. The zero-order chi connectivity index (χ0) is 15.2. The molecule has 1 aliphatic rings. The van der Waals surface area contributed by atoms with Crippen molar-refractivity contribution in [2.24, 2.45) is 5.92 Å². The maximum atomic E-state index is 11.7. The lowest BCUT2D eigenvalue weighted by Gasteiger charge is -2.32. The molecule has 0 spiro atoms. The Balaban J connectivity index is 1.58. The largest absolute Gasteiger partial charge is 0.347 e. The molecule has 22 heavy (non-hydrogen) atoms. The summed E-state index contributed by atoms with van der Waals surface area (Å²) in [6.07, 6.45) is 1.04. The molecule has 0 aromatic heterocycles. The standard InChI is InChI=1S/C19H20O3/c20-18-12-11-17(18)19(21-13-15-7-3-1-4-8-15)22-14-16-9-5-2-6-10-16/h1-10,17,19H,11-14H2. The molecule has 1 atom stereocenters. The number of carbonyl (C=O) groups excluding carboxylic acids is 1. The second-order valence-corrected chi connectivity index (χ2v) is 5.57. The third-order valence-corrected chi connectivity index (χ3v) is 3.96. The van der Waals surface area contributed by atoms with E-state index in [0.29, 0.717) is 19.6 Å². The highest BCUT2D eigenvalue weighted by Crippen LogP contribution is 2.29. The molecular formula is C19H20O3. The quantitative estimate of drug-likeness (QED) is 0.730. The molecule has 1 unspecified atom stereocenters. The fourth-order valence-electron chi connectivity index (χ4n) is 2.50. The molecule has 0 amide bonds. The van der Waals surface area contributed by atoms with Crippen LogP contribution in [0.1, 0.15) is 24.0 Å². The molecular weight excluding hydrogens is 276 g/mol. The lowest BCUT2D eigenvalue weighted by molar-refractivity contribution is -0.198. The van der Waals surface area contributed by atoms with Gasteiger partial charge in [-0.1, -0.05) is 60.7 Å². The van der Waals surface area contributed by atoms with Crippen LogP contribution < -0.4 is 0 Å². The zero-order valence-electron chi connectivity index (χ0n) is 12.5. The van der Waals surface area contributed by atoms with E-state index >= 15 is 0 Å². The van der Waals surface area contributed by atoms with Crippen LogP contribution in [-0.4, -0.2) is 12.1 Å². The van der Waals surface area contributed by atoms with Crippen molar-refractivity contribution >= 4 is 5.78 Å². The lowest BCUT2D eigenvalue weighted by Crippen LogP contribution is -2.39. The number of ether oxygens (including phenoxy) is 2. The Labute approximate surface area is 130 Å². The molecule has 2 aromatic carbocycles. The van der Waals surface area contributed by atoms with E-state index in [-0.39, 0.29) is 11.7 Å². The van der Waals surface area contributed by atoms with E-state index in [9.17, 15) is 4.79 Å². The smallest absolute Gasteiger partial charge is 0.168 e. The average Bonchev–Trinajstić information content (AvgIpc) is 2.57. The molecule has 0 radical (unpaired) electrons. The van der Waals surface area contributed by atoms with Crippen LogP contribution in [0.2, 0.25) is 0 Å². The predicted molar refractivity (Wildman–Crippen MR) is 84.0 cm³/mol. The summed E-state index contributed by atoms with van der Waals surface area (Å²) in [6.45, 7) is 0.925. The molecule has 114 valence electrons. The Bertz CT molecular complexity index is 551. The number of rotatable bonds is 7. The van der Waals surface area contributed by atoms with Gasteiger partial charge >= 0.3 is 0 Å². The third-order valence-electron chi connectivity index (χ3n) is 3.96. The summed E-state index contributed by atoms with van der Waals surface area (Å²) in [7, 11) is 0. The fraction of sp³-hybridized carbons (Fsp3) is 0.316. The Morgan fingerprint density at radius 3 is 1.73 bits per heavy atom. The Hall–Kier alpha value is -1.97. The fourth-order valence-corrected chi connectivity index (χ4v) is 2.50. The Kier molecular flexibility index (Phi) is 4.99. The van der Waals surface area contributed by atoms with Crippen LogP contribution in [0.5, 0.6) is 0 Å². The van der Waals surface area contributed by atoms with E-state index in [1.54, 1.807) is 0 Å². The van der Waals surface area contributed by atoms with Crippen molar-refractivity contribution in [2.45, 2.75) is 32.3 Å². The molecule has 3 heteroatoms. The van der Waals surface area contributed by atoms with E-state index in [4.69, 9.17) is 9.47 Å². The summed E-state index contributed by atoms with van der Waals surface area (Å²) in [4.78, 5) is 11.7. The molecule has 3 nitrogen and oxygen atoms in total. The van der Waals surface area contributed by atoms with Crippen molar-refractivity contribution in [3.8, 4) is 0 Å². The summed E-state index contributed by atoms with van der Waals surface area (Å²) in [6, 6.07) is 19.9. The summed E-state index contributed by atoms with van der Waals surface area (Å²) >= 11 is 0. The number of Topliss-reactive ketones (excluding diaryl/α,β-unsaturated/α-hetero) is 1. The van der Waals surface area contributed by atoms with Crippen molar-refractivity contribution in [1.82, 2.24) is 0 Å². The Morgan fingerprint density at radius 2 is 1.36 bits per heavy atom. The molecule has 0 N–H and O–H groups in total. The first-order valence-corrected chi connectivity index (χ1v) is 7.67. The minimum atomic E-state index is -0.457. The van der Waals surface area contributed by atoms with E-state index in [1.165, 1.54) is 0 Å². The number of carbonyl (C=O) groups is 1. The van der Waals surface area contributed by atoms with Crippen molar-refractivity contribution in [1.29, 1.82) is 0 Å². The van der Waals surface area contributed by atoms with Gasteiger partial charge in [0, 0.05) is 6.42 Å². The molecule has 1 fully saturated rings. The van der Waals surface area contributed by atoms with Gasteiger partial charge in [0.25, 0.3) is 0 Å². The molecule has 0 heterocycles. The molecule has 0 aliphatic heterocycles. The van der Waals surface area contributed by atoms with Crippen LogP contribution in [0, 0.1) is 5.92 Å². The van der Waals surface area contributed by atoms with Gasteiger partial charge in [-0.05, 0) is 17.5 Å². The van der Waals surface area contributed by atoms with Crippen molar-refractivity contribution in [3.63, 3.8) is 0 Å². The van der Waals surface area contributed by atoms with Crippen LogP contribution in [0.25, 0.3) is 0 Å². The highest BCUT2D eigenvalue weighted by atomic mass is 16.7. The lowest BCUT2D eigenvalue weighted by atomic mass is 9.83. The van der Waals surface area contributed by atoms with Gasteiger partial charge in [0.05, 0.1) is 19.1 Å². The third kappa shape index (κ3) is 3.81. The number of hydrogen-bond acceptors (Lipinski definition) is 3. The molecule has 2 aromatic rings. The van der Waals surface area contributed by atoms with Crippen molar-refractivity contribution < 1.29 is 14.3 Å². The van der Waals surface area contributed by atoms with E-state index in [0.717, 1.165) is 17.5 Å². The first-order chi connectivity index (χ1) is 10.8. The number of hydrogen-bond donors (Lipinski definition) is 0. The van der Waals surface area contributed by atoms with Gasteiger partial charge in [-0.2, -0.15) is 0 Å². The topological polar surface area (TPSA) is 35.5 Å². The van der Waals surface area contributed by atoms with Crippen LogP contribution in [0.15, 0.2) is 60.7 Å². The minimum Gasteiger partial charge on any atom is -0.347 e. The summed E-state index contributed by atoms with van der Waals surface area (Å²) in [5, 5.41) is 0. The monoisotopic (exact) mass is 296 g/mol. The molecule has 1 aliphatic carbocycles. The minimum absolute atomic E-state index is 0.118. The second kappa shape index (κ2) is 7.34. The normalized spacial score (nSPS) is 17.5. The maximum Gasteiger partial charge on any atom is 0.168 e. The van der Waals surface area contributed by atoms with E-state index < -0.39 is 6.29 Å². The summed E-state index contributed by atoms with van der Waals surface area (Å²) in [5.74, 6) is 0.124. The second-order valence-electron chi connectivity index (χ2n) is 5.57. The van der Waals surface area contributed by atoms with Gasteiger partial charge in [0.1, 0.15) is 5.78 Å². The van der Waals surface area contributed by atoms with Gasteiger partial charge < -0.3 is 9.47 Å². The van der Waals surface area contributed by atoms with Crippen LogP contribution in [0.3, 0.4) is 0 Å². The van der Waals surface area contributed by atoms with E-state index in [2.05, 4.69) is 0 Å². The zero-order valence-corrected chi connectivity index (χ0v) is 12.5. The first-order valence-electron chi connectivity index (χ1n) is 7.67. The predicted octanol–water partition coefficient (Wildman–Crippen LogP) is 3.73. The number of ketones is 1. The SMILES string of the molecule is O=C1CCC1C(OCc1ccccc1)OCc1ccccc1. The van der Waals surface area contributed by atoms with Gasteiger partial charge in [-0.3, -0.25) is 4.79 Å². The molecule has 0 bridgehead atoms. The Morgan fingerprint density at radius 1 is 0.864 bits per heavy atom. The highest BCUT2D eigenvalue weighted by molar-refractivity contribution is 5.86. The van der Waals surface area contributed by atoms with Gasteiger partial charge in [-0.15, -0.1) is 0 Å². The number of benzene rings is 2.